The molecule has 3 nitrogen and oxygen atoms in total. The molecule has 2 rings (SSSR count). The molecule has 0 aliphatic heterocycles. The van der Waals surface area contributed by atoms with Crippen LogP contribution in [0.5, 0.6) is 11.5 Å². The van der Waals surface area contributed by atoms with Gasteiger partial charge in [0.2, 0.25) is 0 Å². The maximum Gasteiger partial charge on any atom is 0.129 e. The summed E-state index contributed by atoms with van der Waals surface area (Å²) in [5, 5.41) is 3.13. The summed E-state index contributed by atoms with van der Waals surface area (Å²) < 4.78 is 5.72. The lowest BCUT2D eigenvalue weighted by Gasteiger charge is -2.08. The van der Waals surface area contributed by atoms with Gasteiger partial charge in [-0.2, -0.15) is 0 Å². The third kappa shape index (κ3) is 3.85. The Morgan fingerprint density at radius 1 is 0.950 bits per heavy atom. The molecule has 2 aromatic carbocycles. The Balaban J connectivity index is 2.05. The van der Waals surface area contributed by atoms with E-state index in [4.69, 9.17) is 4.74 Å². The van der Waals surface area contributed by atoms with Crippen molar-refractivity contribution in [3.8, 4) is 11.5 Å². The quantitative estimate of drug-likeness (QED) is 0.631. The van der Waals surface area contributed by atoms with Gasteiger partial charge < -0.3 is 10.1 Å². The second-order valence-electron chi connectivity index (χ2n) is 3.97. The molecule has 0 saturated heterocycles. The van der Waals surface area contributed by atoms with E-state index >= 15 is 0 Å². The van der Waals surface area contributed by atoms with E-state index in [1.807, 2.05) is 54.6 Å². The number of rotatable bonds is 5. The minimum atomic E-state index is 0.650. The van der Waals surface area contributed by atoms with Crippen LogP contribution in [0, 0.1) is 0 Å². The Morgan fingerprint density at radius 2 is 1.60 bits per heavy atom. The molecule has 0 atom stereocenters. The van der Waals surface area contributed by atoms with Gasteiger partial charge in [0.25, 0.3) is 0 Å². The molecular formula is C17H16N2O. The standard InChI is InChI=1S/C17H16N2O/c1-3-17(18-4-2)19-14-10-12-16(13-11-14)20-15-8-6-5-7-9-15/h3-13H,1-2H2,(H,18,19). The fourth-order valence-corrected chi connectivity index (χ4v) is 1.61. The van der Waals surface area contributed by atoms with Gasteiger partial charge >= 0.3 is 0 Å². The van der Waals surface area contributed by atoms with Crippen molar-refractivity contribution in [3.63, 3.8) is 0 Å². The summed E-state index contributed by atoms with van der Waals surface area (Å²) in [6.45, 7) is 7.24. The Bertz CT molecular complexity index is 601. The zero-order valence-electron chi connectivity index (χ0n) is 11.1. The molecule has 3 heteroatoms. The van der Waals surface area contributed by atoms with E-state index in [-0.39, 0.29) is 0 Å². The molecule has 0 aliphatic carbocycles. The molecule has 0 amide bonds. The molecule has 0 saturated carbocycles. The smallest absolute Gasteiger partial charge is 0.129 e. The molecular weight excluding hydrogens is 248 g/mol. The van der Waals surface area contributed by atoms with Gasteiger partial charge in [-0.05, 0) is 42.5 Å². The number of benzene rings is 2. The van der Waals surface area contributed by atoms with E-state index in [1.54, 1.807) is 6.08 Å². The first-order valence-corrected chi connectivity index (χ1v) is 6.23. The normalized spacial score (nSPS) is 10.7. The number of nitrogens with one attached hydrogen (secondary N) is 1. The van der Waals surface area contributed by atoms with E-state index in [2.05, 4.69) is 23.5 Å². The molecule has 0 aromatic heterocycles. The summed E-state index contributed by atoms with van der Waals surface area (Å²) in [5.41, 5.74) is 0.908. The first-order valence-electron chi connectivity index (χ1n) is 6.23. The number of anilines is 1. The van der Waals surface area contributed by atoms with Gasteiger partial charge in [-0.25, -0.2) is 4.99 Å². The third-order valence-electron chi connectivity index (χ3n) is 2.53. The SMILES string of the molecule is C=CN=C(C=C)Nc1ccc(Oc2ccccc2)cc1. The lowest BCUT2D eigenvalue weighted by atomic mass is 10.3. The second-order valence-corrected chi connectivity index (χ2v) is 3.97. The van der Waals surface area contributed by atoms with Gasteiger partial charge in [-0.1, -0.05) is 31.4 Å². The number of hydrogen-bond acceptors (Lipinski definition) is 2. The van der Waals surface area contributed by atoms with Crippen LogP contribution in [-0.2, 0) is 0 Å². The molecule has 0 radical (unpaired) electrons. The lowest BCUT2D eigenvalue weighted by molar-refractivity contribution is 0.483. The Kier molecular flexibility index (Phi) is 4.73. The maximum absolute atomic E-state index is 5.72. The lowest BCUT2D eigenvalue weighted by Crippen LogP contribution is -2.07. The molecule has 100 valence electrons. The summed E-state index contributed by atoms with van der Waals surface area (Å²) in [6, 6.07) is 17.3. The van der Waals surface area contributed by atoms with Crippen LogP contribution in [0.25, 0.3) is 0 Å². The third-order valence-corrected chi connectivity index (χ3v) is 2.53. The van der Waals surface area contributed by atoms with Crippen molar-refractivity contribution < 1.29 is 4.74 Å². The highest BCUT2D eigenvalue weighted by molar-refractivity contribution is 6.03. The Hall–Kier alpha value is -2.81. The summed E-state index contributed by atoms with van der Waals surface area (Å²) in [7, 11) is 0. The molecule has 0 bridgehead atoms. The molecule has 1 N–H and O–H groups in total. The van der Waals surface area contributed by atoms with Gasteiger partial charge in [0.15, 0.2) is 0 Å². The molecule has 2 aromatic rings. The van der Waals surface area contributed by atoms with Crippen molar-refractivity contribution in [1.82, 2.24) is 0 Å². The first kappa shape index (κ1) is 13.6. The van der Waals surface area contributed by atoms with Crippen LogP contribution < -0.4 is 10.1 Å². The molecule has 0 unspecified atom stereocenters. The molecule has 0 spiro atoms. The van der Waals surface area contributed by atoms with Crippen molar-refractivity contribution in [1.29, 1.82) is 0 Å². The van der Waals surface area contributed by atoms with E-state index in [0.29, 0.717) is 5.84 Å². The van der Waals surface area contributed by atoms with Crippen molar-refractivity contribution in [3.05, 3.63) is 80.0 Å². The van der Waals surface area contributed by atoms with Crippen molar-refractivity contribution in [2.45, 2.75) is 0 Å². The van der Waals surface area contributed by atoms with Crippen molar-refractivity contribution in [2.75, 3.05) is 5.32 Å². The fourth-order valence-electron chi connectivity index (χ4n) is 1.61. The average Bonchev–Trinajstić information content (AvgIpc) is 2.50. The number of aliphatic imine (C=N–C) groups is 1. The van der Waals surface area contributed by atoms with Crippen LogP contribution in [0.1, 0.15) is 0 Å². The predicted molar refractivity (Wildman–Crippen MR) is 84.4 cm³/mol. The predicted octanol–water partition coefficient (Wildman–Crippen LogP) is 4.62. The van der Waals surface area contributed by atoms with E-state index in [0.717, 1.165) is 17.2 Å². The van der Waals surface area contributed by atoms with E-state index < -0.39 is 0 Å². The summed E-state index contributed by atoms with van der Waals surface area (Å²) in [6.07, 6.45) is 3.10. The van der Waals surface area contributed by atoms with Gasteiger partial charge in [0, 0.05) is 11.9 Å². The van der Waals surface area contributed by atoms with E-state index in [9.17, 15) is 0 Å². The van der Waals surface area contributed by atoms with Gasteiger partial charge in [0.1, 0.15) is 17.3 Å². The molecule has 0 aliphatic rings. The fraction of sp³-hybridized carbons (Fsp3) is 0. The minimum absolute atomic E-state index is 0.650. The highest BCUT2D eigenvalue weighted by Gasteiger charge is 1.98. The van der Waals surface area contributed by atoms with E-state index in [1.165, 1.54) is 6.20 Å². The Morgan fingerprint density at radius 3 is 2.20 bits per heavy atom. The number of hydrogen-bond donors (Lipinski definition) is 1. The number of ether oxygens (including phenoxy) is 1. The van der Waals surface area contributed by atoms with Crippen molar-refractivity contribution >= 4 is 11.5 Å². The molecule has 20 heavy (non-hydrogen) atoms. The second kappa shape index (κ2) is 6.95. The van der Waals surface area contributed by atoms with Crippen molar-refractivity contribution in [2.24, 2.45) is 4.99 Å². The number of nitrogens with zero attached hydrogens (tertiary/aromatic N) is 1. The molecule has 0 fully saturated rings. The van der Waals surface area contributed by atoms with Gasteiger partial charge in [0.05, 0.1) is 0 Å². The van der Waals surface area contributed by atoms with Crippen LogP contribution in [0.3, 0.4) is 0 Å². The van der Waals surface area contributed by atoms with Gasteiger partial charge in [-0.3, -0.25) is 0 Å². The minimum Gasteiger partial charge on any atom is -0.457 e. The average molecular weight is 264 g/mol. The summed E-state index contributed by atoms with van der Waals surface area (Å²) >= 11 is 0. The van der Waals surface area contributed by atoms with Crippen LogP contribution in [0.4, 0.5) is 5.69 Å². The Labute approximate surface area is 118 Å². The van der Waals surface area contributed by atoms with Gasteiger partial charge in [-0.15, -0.1) is 0 Å². The molecule has 0 heterocycles. The zero-order valence-corrected chi connectivity index (χ0v) is 11.1. The highest BCUT2D eigenvalue weighted by atomic mass is 16.5. The maximum atomic E-state index is 5.72. The number of amidine groups is 1. The summed E-state index contributed by atoms with van der Waals surface area (Å²) in [5.74, 6) is 2.24. The van der Waals surface area contributed by atoms with Crippen LogP contribution in [0.15, 0.2) is 85.0 Å². The first-order chi connectivity index (χ1) is 9.81. The van der Waals surface area contributed by atoms with Crippen LogP contribution in [0.2, 0.25) is 0 Å². The zero-order chi connectivity index (χ0) is 14.2. The van der Waals surface area contributed by atoms with Crippen LogP contribution >= 0.6 is 0 Å². The highest BCUT2D eigenvalue weighted by Crippen LogP contribution is 2.22. The number of para-hydroxylation sites is 1. The monoisotopic (exact) mass is 264 g/mol. The van der Waals surface area contributed by atoms with Crippen LogP contribution in [-0.4, -0.2) is 5.84 Å². The largest absolute Gasteiger partial charge is 0.457 e. The summed E-state index contributed by atoms with van der Waals surface area (Å²) in [4.78, 5) is 4.05. The topological polar surface area (TPSA) is 33.6 Å².